The van der Waals surface area contributed by atoms with E-state index in [2.05, 4.69) is 45.0 Å². The van der Waals surface area contributed by atoms with Crippen LogP contribution >= 0.6 is 11.6 Å². The highest BCUT2D eigenvalue weighted by atomic mass is 35.5. The first-order chi connectivity index (χ1) is 7.59. The second-order valence-electron chi connectivity index (χ2n) is 4.75. The smallest absolute Gasteiger partial charge is 0.0484 e. The van der Waals surface area contributed by atoms with Crippen LogP contribution < -0.4 is 0 Å². The highest BCUT2D eigenvalue weighted by Gasteiger charge is 2.10. The summed E-state index contributed by atoms with van der Waals surface area (Å²) >= 11 is 6.15. The van der Waals surface area contributed by atoms with Gasteiger partial charge in [-0.1, -0.05) is 62.7 Å². The topological polar surface area (TPSA) is 0 Å². The SMILES string of the molecule is CC(C)C(C)c1ccc2c(Cl)cccc2c1. The number of benzene rings is 2. The molecule has 0 aliphatic rings. The molecule has 0 amide bonds. The van der Waals surface area contributed by atoms with Gasteiger partial charge in [-0.25, -0.2) is 0 Å². The van der Waals surface area contributed by atoms with Crippen molar-refractivity contribution in [3.63, 3.8) is 0 Å². The van der Waals surface area contributed by atoms with Gasteiger partial charge in [0.2, 0.25) is 0 Å². The van der Waals surface area contributed by atoms with E-state index in [9.17, 15) is 0 Å². The Bertz CT molecular complexity index is 500. The van der Waals surface area contributed by atoms with Crippen LogP contribution in [-0.4, -0.2) is 0 Å². The predicted molar refractivity (Wildman–Crippen MR) is 72.2 cm³/mol. The van der Waals surface area contributed by atoms with E-state index in [-0.39, 0.29) is 0 Å². The van der Waals surface area contributed by atoms with Gasteiger partial charge in [0, 0.05) is 10.4 Å². The quantitative estimate of drug-likeness (QED) is 0.663. The summed E-state index contributed by atoms with van der Waals surface area (Å²) in [5, 5.41) is 3.21. The number of fused-ring (bicyclic) bond motifs is 1. The fourth-order valence-corrected chi connectivity index (χ4v) is 2.18. The molecular weight excluding hydrogens is 216 g/mol. The van der Waals surface area contributed by atoms with Gasteiger partial charge in [-0.3, -0.25) is 0 Å². The van der Waals surface area contributed by atoms with E-state index in [0.29, 0.717) is 11.8 Å². The van der Waals surface area contributed by atoms with Gasteiger partial charge in [-0.05, 0) is 28.9 Å². The summed E-state index contributed by atoms with van der Waals surface area (Å²) < 4.78 is 0. The Hall–Kier alpha value is -1.01. The zero-order valence-corrected chi connectivity index (χ0v) is 10.8. The lowest BCUT2D eigenvalue weighted by atomic mass is 9.89. The van der Waals surface area contributed by atoms with Gasteiger partial charge in [0.15, 0.2) is 0 Å². The molecule has 0 saturated carbocycles. The average Bonchev–Trinajstić information content (AvgIpc) is 2.28. The van der Waals surface area contributed by atoms with Gasteiger partial charge in [-0.15, -0.1) is 0 Å². The normalized spacial score (nSPS) is 13.3. The summed E-state index contributed by atoms with van der Waals surface area (Å²) in [6, 6.07) is 12.7. The van der Waals surface area contributed by atoms with Crippen LogP contribution in [0.4, 0.5) is 0 Å². The lowest BCUT2D eigenvalue weighted by molar-refractivity contribution is 0.535. The molecule has 16 heavy (non-hydrogen) atoms. The van der Waals surface area contributed by atoms with Gasteiger partial charge >= 0.3 is 0 Å². The molecule has 0 aliphatic carbocycles. The van der Waals surface area contributed by atoms with Gasteiger partial charge in [-0.2, -0.15) is 0 Å². The molecule has 2 rings (SSSR count). The Balaban J connectivity index is 2.53. The minimum Gasteiger partial charge on any atom is -0.0837 e. The molecule has 0 nitrogen and oxygen atoms in total. The average molecular weight is 233 g/mol. The van der Waals surface area contributed by atoms with E-state index in [1.54, 1.807) is 0 Å². The van der Waals surface area contributed by atoms with Crippen LogP contribution in [0.25, 0.3) is 10.8 Å². The predicted octanol–water partition coefficient (Wildman–Crippen LogP) is 5.25. The van der Waals surface area contributed by atoms with E-state index in [1.807, 2.05) is 12.1 Å². The van der Waals surface area contributed by atoms with Crippen LogP contribution in [0.2, 0.25) is 5.02 Å². The summed E-state index contributed by atoms with van der Waals surface area (Å²) in [4.78, 5) is 0. The van der Waals surface area contributed by atoms with Crippen molar-refractivity contribution in [3.05, 3.63) is 47.0 Å². The zero-order valence-electron chi connectivity index (χ0n) is 10.00. The molecule has 0 aliphatic heterocycles. The molecule has 0 bridgehead atoms. The maximum atomic E-state index is 6.15. The number of hydrogen-bond donors (Lipinski definition) is 0. The minimum absolute atomic E-state index is 0.586. The van der Waals surface area contributed by atoms with E-state index in [4.69, 9.17) is 11.6 Å². The van der Waals surface area contributed by atoms with Crippen molar-refractivity contribution in [2.45, 2.75) is 26.7 Å². The highest BCUT2D eigenvalue weighted by molar-refractivity contribution is 6.35. The first-order valence-corrected chi connectivity index (χ1v) is 6.15. The molecule has 1 atom stereocenters. The van der Waals surface area contributed by atoms with E-state index in [0.717, 1.165) is 10.4 Å². The molecule has 0 radical (unpaired) electrons. The molecule has 2 aromatic rings. The van der Waals surface area contributed by atoms with Crippen LogP contribution in [0.1, 0.15) is 32.3 Å². The third kappa shape index (κ3) is 2.08. The molecule has 0 spiro atoms. The fourth-order valence-electron chi connectivity index (χ4n) is 1.93. The molecule has 0 N–H and O–H groups in total. The molecule has 0 heterocycles. The number of hydrogen-bond acceptors (Lipinski definition) is 0. The fraction of sp³-hybridized carbons (Fsp3) is 0.333. The Kier molecular flexibility index (Phi) is 3.20. The largest absolute Gasteiger partial charge is 0.0837 e. The summed E-state index contributed by atoms with van der Waals surface area (Å²) in [5.74, 6) is 1.25. The van der Waals surface area contributed by atoms with Crippen molar-refractivity contribution in [2.24, 2.45) is 5.92 Å². The Morgan fingerprint density at radius 3 is 2.44 bits per heavy atom. The monoisotopic (exact) mass is 232 g/mol. The van der Waals surface area contributed by atoms with Crippen LogP contribution in [0, 0.1) is 5.92 Å². The van der Waals surface area contributed by atoms with Crippen molar-refractivity contribution in [1.82, 2.24) is 0 Å². The van der Waals surface area contributed by atoms with Gasteiger partial charge < -0.3 is 0 Å². The Morgan fingerprint density at radius 2 is 1.75 bits per heavy atom. The van der Waals surface area contributed by atoms with Crippen molar-refractivity contribution in [2.75, 3.05) is 0 Å². The maximum absolute atomic E-state index is 6.15. The molecule has 1 heteroatoms. The molecule has 0 saturated heterocycles. The lowest BCUT2D eigenvalue weighted by Crippen LogP contribution is -2.01. The van der Waals surface area contributed by atoms with Gasteiger partial charge in [0.05, 0.1) is 0 Å². The molecular formula is C15H17Cl. The second kappa shape index (κ2) is 4.47. The molecule has 84 valence electrons. The van der Waals surface area contributed by atoms with Crippen LogP contribution in [0.3, 0.4) is 0 Å². The summed E-state index contributed by atoms with van der Waals surface area (Å²) in [6.07, 6.45) is 0. The Labute approximate surface area is 102 Å². The van der Waals surface area contributed by atoms with Crippen molar-refractivity contribution in [1.29, 1.82) is 0 Å². The first kappa shape index (κ1) is 11.5. The van der Waals surface area contributed by atoms with Crippen molar-refractivity contribution >= 4 is 22.4 Å². The standard InChI is InChI=1S/C15H17Cl/c1-10(2)11(3)12-7-8-14-13(9-12)5-4-6-15(14)16/h4-11H,1-3H3. The lowest BCUT2D eigenvalue weighted by Gasteiger charge is -2.16. The molecule has 0 fully saturated rings. The molecule has 0 aromatic heterocycles. The third-order valence-corrected chi connectivity index (χ3v) is 3.71. The summed E-state index contributed by atoms with van der Waals surface area (Å²) in [5.41, 5.74) is 1.39. The van der Waals surface area contributed by atoms with Crippen LogP contribution in [-0.2, 0) is 0 Å². The zero-order chi connectivity index (χ0) is 11.7. The van der Waals surface area contributed by atoms with E-state index < -0.39 is 0 Å². The minimum atomic E-state index is 0.586. The molecule has 1 unspecified atom stereocenters. The number of halogens is 1. The highest BCUT2D eigenvalue weighted by Crippen LogP contribution is 2.29. The summed E-state index contributed by atoms with van der Waals surface area (Å²) in [7, 11) is 0. The number of rotatable bonds is 2. The van der Waals surface area contributed by atoms with Crippen molar-refractivity contribution < 1.29 is 0 Å². The van der Waals surface area contributed by atoms with Crippen LogP contribution in [0.5, 0.6) is 0 Å². The maximum Gasteiger partial charge on any atom is 0.0484 e. The van der Waals surface area contributed by atoms with Gasteiger partial charge in [0.25, 0.3) is 0 Å². The molecule has 2 aromatic carbocycles. The van der Waals surface area contributed by atoms with Crippen LogP contribution in [0.15, 0.2) is 36.4 Å². The third-order valence-electron chi connectivity index (χ3n) is 3.38. The van der Waals surface area contributed by atoms with E-state index in [1.165, 1.54) is 10.9 Å². The first-order valence-electron chi connectivity index (χ1n) is 5.78. The van der Waals surface area contributed by atoms with Gasteiger partial charge in [0.1, 0.15) is 0 Å². The summed E-state index contributed by atoms with van der Waals surface area (Å²) in [6.45, 7) is 6.79. The van der Waals surface area contributed by atoms with E-state index >= 15 is 0 Å². The second-order valence-corrected chi connectivity index (χ2v) is 5.16. The Morgan fingerprint density at radius 1 is 1.00 bits per heavy atom. The van der Waals surface area contributed by atoms with Crippen molar-refractivity contribution in [3.8, 4) is 0 Å².